The molecular formula is C16H21F3N2O3. The summed E-state index contributed by atoms with van der Waals surface area (Å²) in [4.78, 5) is 13.8. The van der Waals surface area contributed by atoms with Crippen molar-refractivity contribution in [2.24, 2.45) is 0 Å². The highest BCUT2D eigenvalue weighted by atomic mass is 19.4. The number of methoxy groups -OCH3 is 1. The Balaban J connectivity index is 1.77. The van der Waals surface area contributed by atoms with Crippen molar-refractivity contribution in [2.75, 3.05) is 33.4 Å². The summed E-state index contributed by atoms with van der Waals surface area (Å²) >= 11 is 0. The highest BCUT2D eigenvalue weighted by molar-refractivity contribution is 5.82. The van der Waals surface area contributed by atoms with Gasteiger partial charge in [-0.15, -0.1) is 0 Å². The third-order valence-corrected chi connectivity index (χ3v) is 3.84. The lowest BCUT2D eigenvalue weighted by Crippen LogP contribution is -2.46. The second-order valence-electron chi connectivity index (χ2n) is 5.55. The maximum Gasteiger partial charge on any atom is 0.405 e. The van der Waals surface area contributed by atoms with E-state index in [-0.39, 0.29) is 0 Å². The van der Waals surface area contributed by atoms with Gasteiger partial charge in [0.2, 0.25) is 5.91 Å². The minimum absolute atomic E-state index is 0.357. The normalized spacial score (nSPS) is 18.4. The molecule has 24 heavy (non-hydrogen) atoms. The van der Waals surface area contributed by atoms with Gasteiger partial charge in [0.05, 0.1) is 13.2 Å². The third-order valence-electron chi connectivity index (χ3n) is 3.84. The fourth-order valence-electron chi connectivity index (χ4n) is 2.65. The first-order valence-corrected chi connectivity index (χ1v) is 7.74. The van der Waals surface area contributed by atoms with Gasteiger partial charge in [0.25, 0.3) is 0 Å². The summed E-state index contributed by atoms with van der Waals surface area (Å²) in [6.07, 6.45) is -3.05. The number of nitrogens with one attached hydrogen (secondary N) is 1. The van der Waals surface area contributed by atoms with E-state index in [1.807, 2.05) is 10.2 Å². The molecule has 0 saturated carbocycles. The van der Waals surface area contributed by atoms with Crippen molar-refractivity contribution < 1.29 is 27.4 Å². The van der Waals surface area contributed by atoms with Crippen LogP contribution in [0.25, 0.3) is 0 Å². The number of alkyl halides is 3. The molecule has 1 saturated heterocycles. The SMILES string of the molecule is COc1ccc(OCCN2CCC[C@@H]2C(=O)NCC(F)(F)F)cc1. The summed E-state index contributed by atoms with van der Waals surface area (Å²) in [5.74, 6) is 0.825. The fraction of sp³-hybridized carbons (Fsp3) is 0.562. The maximum absolute atomic E-state index is 12.2. The smallest absolute Gasteiger partial charge is 0.405 e. The van der Waals surface area contributed by atoms with Crippen LogP contribution in [-0.2, 0) is 4.79 Å². The fourth-order valence-corrected chi connectivity index (χ4v) is 2.65. The monoisotopic (exact) mass is 346 g/mol. The molecule has 0 bridgehead atoms. The van der Waals surface area contributed by atoms with Crippen molar-refractivity contribution in [3.8, 4) is 11.5 Å². The van der Waals surface area contributed by atoms with Gasteiger partial charge >= 0.3 is 6.18 Å². The second-order valence-corrected chi connectivity index (χ2v) is 5.55. The number of ether oxygens (including phenoxy) is 2. The predicted molar refractivity (Wildman–Crippen MR) is 82.1 cm³/mol. The van der Waals surface area contributed by atoms with E-state index in [4.69, 9.17) is 9.47 Å². The van der Waals surface area contributed by atoms with Gasteiger partial charge in [0.15, 0.2) is 0 Å². The number of amides is 1. The molecule has 1 fully saturated rings. The van der Waals surface area contributed by atoms with E-state index >= 15 is 0 Å². The van der Waals surface area contributed by atoms with Gasteiger partial charge in [-0.05, 0) is 43.7 Å². The highest BCUT2D eigenvalue weighted by Gasteiger charge is 2.33. The van der Waals surface area contributed by atoms with Crippen LogP contribution in [0.2, 0.25) is 0 Å². The average Bonchev–Trinajstić information content (AvgIpc) is 3.01. The zero-order valence-corrected chi connectivity index (χ0v) is 13.4. The number of hydrogen-bond donors (Lipinski definition) is 1. The summed E-state index contributed by atoms with van der Waals surface area (Å²) in [5.41, 5.74) is 0. The molecule has 1 aromatic rings. The molecule has 5 nitrogen and oxygen atoms in total. The summed E-state index contributed by atoms with van der Waals surface area (Å²) in [5, 5.41) is 1.95. The van der Waals surface area contributed by atoms with Crippen LogP contribution in [0.15, 0.2) is 24.3 Å². The number of carbonyl (C=O) groups excluding carboxylic acids is 1. The number of halogens is 3. The van der Waals surface area contributed by atoms with Gasteiger partial charge in [-0.2, -0.15) is 13.2 Å². The van der Waals surface area contributed by atoms with E-state index in [1.54, 1.807) is 31.4 Å². The molecule has 8 heteroatoms. The standard InChI is InChI=1S/C16H21F3N2O3/c1-23-12-4-6-13(7-5-12)24-10-9-21-8-2-3-14(21)15(22)20-11-16(17,18)19/h4-7,14H,2-3,8-11H2,1H3,(H,20,22)/t14-/m1/s1. The zero-order chi connectivity index (χ0) is 17.6. The molecule has 1 heterocycles. The topological polar surface area (TPSA) is 50.8 Å². The zero-order valence-electron chi connectivity index (χ0n) is 13.4. The van der Waals surface area contributed by atoms with Crippen LogP contribution in [0, 0.1) is 0 Å². The Morgan fingerprint density at radius 3 is 2.58 bits per heavy atom. The molecule has 0 aromatic heterocycles. The largest absolute Gasteiger partial charge is 0.497 e. The van der Waals surface area contributed by atoms with E-state index in [0.29, 0.717) is 31.9 Å². The summed E-state index contributed by atoms with van der Waals surface area (Å²) in [6, 6.07) is 6.58. The lowest BCUT2D eigenvalue weighted by molar-refractivity contribution is -0.141. The molecule has 0 radical (unpaired) electrons. The number of benzene rings is 1. The molecule has 1 N–H and O–H groups in total. The lowest BCUT2D eigenvalue weighted by atomic mass is 10.2. The van der Waals surface area contributed by atoms with E-state index in [1.165, 1.54) is 0 Å². The van der Waals surface area contributed by atoms with E-state index in [9.17, 15) is 18.0 Å². The van der Waals surface area contributed by atoms with Crippen molar-refractivity contribution in [3.05, 3.63) is 24.3 Å². The van der Waals surface area contributed by atoms with Crippen molar-refractivity contribution in [2.45, 2.75) is 25.1 Å². The van der Waals surface area contributed by atoms with Crippen LogP contribution in [-0.4, -0.2) is 56.4 Å². The first kappa shape index (κ1) is 18.4. The Bertz CT molecular complexity index is 534. The first-order chi connectivity index (χ1) is 11.4. The third kappa shape index (κ3) is 5.59. The van der Waals surface area contributed by atoms with Crippen molar-refractivity contribution in [3.63, 3.8) is 0 Å². The highest BCUT2D eigenvalue weighted by Crippen LogP contribution is 2.20. The number of rotatable bonds is 7. The van der Waals surface area contributed by atoms with Gasteiger partial charge in [0, 0.05) is 6.54 Å². The van der Waals surface area contributed by atoms with Crippen molar-refractivity contribution >= 4 is 5.91 Å². The van der Waals surface area contributed by atoms with Crippen molar-refractivity contribution in [1.29, 1.82) is 0 Å². The molecule has 134 valence electrons. The molecule has 0 aliphatic carbocycles. The minimum atomic E-state index is -4.39. The molecule has 0 unspecified atom stereocenters. The number of carbonyl (C=O) groups is 1. The quantitative estimate of drug-likeness (QED) is 0.823. The number of nitrogens with zero attached hydrogens (tertiary/aromatic N) is 1. The Morgan fingerprint density at radius 1 is 1.29 bits per heavy atom. The van der Waals surface area contributed by atoms with Gasteiger partial charge in [-0.3, -0.25) is 9.69 Å². The van der Waals surface area contributed by atoms with E-state index in [0.717, 1.165) is 12.2 Å². The minimum Gasteiger partial charge on any atom is -0.497 e. The van der Waals surface area contributed by atoms with Gasteiger partial charge < -0.3 is 14.8 Å². The Morgan fingerprint density at radius 2 is 1.96 bits per heavy atom. The van der Waals surface area contributed by atoms with Gasteiger partial charge in [0.1, 0.15) is 24.7 Å². The summed E-state index contributed by atoms with van der Waals surface area (Å²) < 4.78 is 47.2. The van der Waals surface area contributed by atoms with Gasteiger partial charge in [-0.1, -0.05) is 0 Å². The van der Waals surface area contributed by atoms with Gasteiger partial charge in [-0.25, -0.2) is 0 Å². The molecule has 0 spiro atoms. The van der Waals surface area contributed by atoms with Crippen molar-refractivity contribution in [1.82, 2.24) is 10.2 Å². The molecule has 2 rings (SSSR count). The Labute approximate surface area is 138 Å². The van der Waals surface area contributed by atoms with Crippen LogP contribution in [0.5, 0.6) is 11.5 Å². The molecular weight excluding hydrogens is 325 g/mol. The van der Waals surface area contributed by atoms with Crippen LogP contribution in [0.4, 0.5) is 13.2 Å². The van der Waals surface area contributed by atoms with Crippen LogP contribution < -0.4 is 14.8 Å². The molecule has 1 amide bonds. The molecule has 1 atom stereocenters. The Hall–Kier alpha value is -1.96. The summed E-state index contributed by atoms with van der Waals surface area (Å²) in [6.45, 7) is 0.222. The van der Waals surface area contributed by atoms with Crippen LogP contribution >= 0.6 is 0 Å². The number of hydrogen-bond acceptors (Lipinski definition) is 4. The average molecular weight is 346 g/mol. The predicted octanol–water partition coefficient (Wildman–Crippen LogP) is 2.22. The van der Waals surface area contributed by atoms with Crippen LogP contribution in [0.1, 0.15) is 12.8 Å². The Kier molecular flexibility index (Phi) is 6.30. The molecule has 1 aliphatic rings. The first-order valence-electron chi connectivity index (χ1n) is 7.74. The molecule has 1 aromatic carbocycles. The van der Waals surface area contributed by atoms with E-state index in [2.05, 4.69) is 0 Å². The maximum atomic E-state index is 12.2. The lowest BCUT2D eigenvalue weighted by Gasteiger charge is -2.23. The van der Waals surface area contributed by atoms with Crippen LogP contribution in [0.3, 0.4) is 0 Å². The summed E-state index contributed by atoms with van der Waals surface area (Å²) in [7, 11) is 1.58. The number of likely N-dealkylation sites (tertiary alicyclic amines) is 1. The molecule has 1 aliphatic heterocycles. The second kappa shape index (κ2) is 8.23. The van der Waals surface area contributed by atoms with E-state index < -0.39 is 24.7 Å².